The molecular formula is C16H22N4OS. The second-order valence-corrected chi connectivity index (χ2v) is 6.28. The van der Waals surface area contributed by atoms with E-state index in [-0.39, 0.29) is 5.91 Å². The molecule has 1 amide bonds. The van der Waals surface area contributed by atoms with Crippen molar-refractivity contribution in [1.29, 1.82) is 0 Å². The topological polar surface area (TPSA) is 57.1 Å². The maximum atomic E-state index is 11.0. The SMILES string of the molecule is CCCCN(C)Cc1ccc(C=NN=C2NC(=O)CS2)cc1. The van der Waals surface area contributed by atoms with Crippen LogP contribution in [0.25, 0.3) is 0 Å². The summed E-state index contributed by atoms with van der Waals surface area (Å²) < 4.78 is 0. The third kappa shape index (κ3) is 5.61. The quantitative estimate of drug-likeness (QED) is 0.621. The molecule has 1 fully saturated rings. The molecule has 1 aliphatic heterocycles. The zero-order valence-electron chi connectivity index (χ0n) is 13.1. The first-order valence-electron chi connectivity index (χ1n) is 7.48. The summed E-state index contributed by atoms with van der Waals surface area (Å²) in [4.78, 5) is 13.3. The highest BCUT2D eigenvalue weighted by Crippen LogP contribution is 2.09. The second kappa shape index (κ2) is 8.70. The van der Waals surface area contributed by atoms with Crippen LogP contribution in [0.2, 0.25) is 0 Å². The first kappa shape index (κ1) is 16.7. The molecule has 0 radical (unpaired) electrons. The molecule has 1 saturated heterocycles. The Kier molecular flexibility index (Phi) is 6.61. The fraction of sp³-hybridized carbons (Fsp3) is 0.438. The van der Waals surface area contributed by atoms with Crippen molar-refractivity contribution in [2.45, 2.75) is 26.3 Å². The van der Waals surface area contributed by atoms with E-state index in [1.807, 2.05) is 12.1 Å². The summed E-state index contributed by atoms with van der Waals surface area (Å²) in [7, 11) is 2.15. The first-order chi connectivity index (χ1) is 10.7. The molecule has 0 atom stereocenters. The molecule has 0 aromatic heterocycles. The van der Waals surface area contributed by atoms with Gasteiger partial charge in [-0.3, -0.25) is 4.79 Å². The minimum Gasteiger partial charge on any atom is -0.303 e. The molecule has 1 aromatic rings. The van der Waals surface area contributed by atoms with Crippen LogP contribution in [0.1, 0.15) is 30.9 Å². The number of rotatable bonds is 7. The van der Waals surface area contributed by atoms with Crippen molar-refractivity contribution >= 4 is 29.1 Å². The highest BCUT2D eigenvalue weighted by molar-refractivity contribution is 8.15. The van der Waals surface area contributed by atoms with Crippen LogP contribution in [0.5, 0.6) is 0 Å². The van der Waals surface area contributed by atoms with E-state index < -0.39 is 0 Å². The fourth-order valence-corrected chi connectivity index (χ4v) is 2.69. The van der Waals surface area contributed by atoms with Crippen LogP contribution in [0.3, 0.4) is 0 Å². The van der Waals surface area contributed by atoms with Crippen LogP contribution in [0, 0.1) is 0 Å². The minimum atomic E-state index is -0.0181. The number of carbonyl (C=O) groups is 1. The van der Waals surface area contributed by atoms with Gasteiger partial charge in [0.25, 0.3) is 0 Å². The maximum Gasteiger partial charge on any atom is 0.236 e. The summed E-state index contributed by atoms with van der Waals surface area (Å²) in [5.41, 5.74) is 2.29. The molecule has 0 spiro atoms. The van der Waals surface area contributed by atoms with Crippen LogP contribution < -0.4 is 5.32 Å². The monoisotopic (exact) mass is 318 g/mol. The van der Waals surface area contributed by atoms with Gasteiger partial charge >= 0.3 is 0 Å². The van der Waals surface area contributed by atoms with Crippen molar-refractivity contribution in [2.24, 2.45) is 10.2 Å². The summed E-state index contributed by atoms with van der Waals surface area (Å²) in [6.07, 6.45) is 4.15. The lowest BCUT2D eigenvalue weighted by Crippen LogP contribution is -2.19. The fourth-order valence-electron chi connectivity index (χ4n) is 2.06. The summed E-state index contributed by atoms with van der Waals surface area (Å²) >= 11 is 1.37. The van der Waals surface area contributed by atoms with E-state index in [1.54, 1.807) is 6.21 Å². The molecule has 118 valence electrons. The number of carbonyl (C=O) groups excluding carboxylic acids is 1. The number of unbranched alkanes of at least 4 members (excludes halogenated alkanes) is 1. The van der Waals surface area contributed by atoms with E-state index in [0.717, 1.165) is 18.7 Å². The van der Waals surface area contributed by atoms with Crippen LogP contribution in [0.15, 0.2) is 34.5 Å². The molecule has 22 heavy (non-hydrogen) atoms. The standard InChI is InChI=1S/C16H22N4OS/c1-3-4-9-20(2)11-14-7-5-13(6-8-14)10-17-19-16-18-15(21)12-22-16/h5-8,10H,3-4,9,11-12H2,1-2H3,(H,18,19,21). The Morgan fingerprint density at radius 1 is 1.36 bits per heavy atom. The highest BCUT2D eigenvalue weighted by atomic mass is 32.2. The Morgan fingerprint density at radius 2 is 2.14 bits per heavy atom. The van der Waals surface area contributed by atoms with Gasteiger partial charge < -0.3 is 10.2 Å². The summed E-state index contributed by atoms with van der Waals surface area (Å²) in [5.74, 6) is 0.407. The van der Waals surface area contributed by atoms with Crippen LogP contribution in [0.4, 0.5) is 0 Å². The molecule has 1 aromatic carbocycles. The van der Waals surface area contributed by atoms with E-state index in [9.17, 15) is 4.79 Å². The summed E-state index contributed by atoms with van der Waals surface area (Å²) in [5, 5.41) is 11.2. The van der Waals surface area contributed by atoms with Gasteiger partial charge in [0.2, 0.25) is 5.91 Å². The highest BCUT2D eigenvalue weighted by Gasteiger charge is 2.15. The Morgan fingerprint density at radius 3 is 2.77 bits per heavy atom. The van der Waals surface area contributed by atoms with Gasteiger partial charge in [0, 0.05) is 6.54 Å². The lowest BCUT2D eigenvalue weighted by atomic mass is 10.1. The number of amidine groups is 1. The number of benzene rings is 1. The first-order valence-corrected chi connectivity index (χ1v) is 8.47. The average molecular weight is 318 g/mol. The number of nitrogens with zero attached hydrogens (tertiary/aromatic N) is 3. The van der Waals surface area contributed by atoms with Gasteiger partial charge in [-0.1, -0.05) is 49.4 Å². The van der Waals surface area contributed by atoms with E-state index in [1.165, 1.54) is 30.2 Å². The summed E-state index contributed by atoms with van der Waals surface area (Å²) in [6, 6.07) is 8.30. The van der Waals surface area contributed by atoms with E-state index in [2.05, 4.69) is 46.5 Å². The molecule has 1 aliphatic rings. The molecular weight excluding hydrogens is 296 g/mol. The largest absolute Gasteiger partial charge is 0.303 e. The van der Waals surface area contributed by atoms with Crippen molar-refractivity contribution < 1.29 is 4.79 Å². The average Bonchev–Trinajstić information content (AvgIpc) is 2.92. The Hall–Kier alpha value is -1.66. The van der Waals surface area contributed by atoms with Crippen LogP contribution >= 0.6 is 11.8 Å². The van der Waals surface area contributed by atoms with Crippen molar-refractivity contribution in [3.63, 3.8) is 0 Å². The van der Waals surface area contributed by atoms with Gasteiger partial charge in [-0.25, -0.2) is 0 Å². The number of nitrogens with one attached hydrogen (secondary N) is 1. The molecule has 1 N–H and O–H groups in total. The van der Waals surface area contributed by atoms with Gasteiger partial charge in [-0.15, -0.1) is 5.10 Å². The van der Waals surface area contributed by atoms with Gasteiger partial charge in [-0.05, 0) is 31.1 Å². The number of amides is 1. The lowest BCUT2D eigenvalue weighted by Gasteiger charge is -2.16. The molecule has 5 nitrogen and oxygen atoms in total. The minimum absolute atomic E-state index is 0.0181. The van der Waals surface area contributed by atoms with Gasteiger partial charge in [0.1, 0.15) is 0 Å². The van der Waals surface area contributed by atoms with E-state index in [4.69, 9.17) is 0 Å². The van der Waals surface area contributed by atoms with E-state index in [0.29, 0.717) is 10.9 Å². The summed E-state index contributed by atoms with van der Waals surface area (Å²) in [6.45, 7) is 4.30. The zero-order valence-corrected chi connectivity index (χ0v) is 13.9. The molecule has 6 heteroatoms. The normalized spacial score (nSPS) is 16.9. The molecule has 0 aliphatic carbocycles. The Labute approximate surface area is 135 Å². The third-order valence-electron chi connectivity index (χ3n) is 3.27. The third-order valence-corrected chi connectivity index (χ3v) is 4.13. The van der Waals surface area contributed by atoms with Crippen molar-refractivity contribution in [1.82, 2.24) is 10.2 Å². The molecule has 0 unspecified atom stereocenters. The number of thioether (sulfide) groups is 1. The van der Waals surface area contributed by atoms with E-state index >= 15 is 0 Å². The Bertz CT molecular complexity index is 554. The van der Waals surface area contributed by atoms with Crippen molar-refractivity contribution in [2.75, 3.05) is 19.3 Å². The van der Waals surface area contributed by atoms with Crippen molar-refractivity contribution in [3.05, 3.63) is 35.4 Å². The smallest absolute Gasteiger partial charge is 0.236 e. The predicted molar refractivity (Wildman–Crippen MR) is 93.3 cm³/mol. The molecule has 0 bridgehead atoms. The number of hydrogen-bond acceptors (Lipinski definition) is 5. The zero-order chi connectivity index (χ0) is 15.8. The van der Waals surface area contributed by atoms with Gasteiger partial charge in [0.15, 0.2) is 5.17 Å². The van der Waals surface area contributed by atoms with Crippen molar-refractivity contribution in [3.8, 4) is 0 Å². The van der Waals surface area contributed by atoms with Crippen LogP contribution in [-0.2, 0) is 11.3 Å². The molecule has 0 saturated carbocycles. The number of hydrogen-bond donors (Lipinski definition) is 1. The van der Waals surface area contributed by atoms with Gasteiger partial charge in [-0.2, -0.15) is 5.10 Å². The lowest BCUT2D eigenvalue weighted by molar-refractivity contribution is -0.116. The Balaban J connectivity index is 1.85. The maximum absolute atomic E-state index is 11.0. The molecule has 2 rings (SSSR count). The van der Waals surface area contributed by atoms with Crippen LogP contribution in [-0.4, -0.2) is 41.5 Å². The second-order valence-electron chi connectivity index (χ2n) is 5.32. The van der Waals surface area contributed by atoms with Gasteiger partial charge in [0.05, 0.1) is 12.0 Å². The molecule has 1 heterocycles. The predicted octanol–water partition coefficient (Wildman–Crippen LogP) is 2.47.